The number of pyridine rings is 3. The number of fused-ring (bicyclic) bond motifs is 5. The van der Waals surface area contributed by atoms with Gasteiger partial charge in [-0.2, -0.15) is 0 Å². The first-order valence-corrected chi connectivity index (χ1v) is 14.2. The summed E-state index contributed by atoms with van der Waals surface area (Å²) in [6, 6.07) is 5.09. The summed E-state index contributed by atoms with van der Waals surface area (Å²) in [5.74, 6) is -3.35. The predicted octanol–water partition coefficient (Wildman–Crippen LogP) is 4.41. The van der Waals surface area contributed by atoms with Crippen molar-refractivity contribution in [2.45, 2.75) is 45.7 Å². The van der Waals surface area contributed by atoms with Crippen LogP contribution in [0, 0.1) is 18.6 Å². The fraction of sp³-hybridized carbons (Fsp3) is 0.281. The third-order valence-corrected chi connectivity index (χ3v) is 8.21. The Morgan fingerprint density at radius 3 is 2.59 bits per heavy atom. The van der Waals surface area contributed by atoms with Crippen LogP contribution in [-0.2, 0) is 9.59 Å². The van der Waals surface area contributed by atoms with E-state index in [0.717, 1.165) is 12.1 Å². The van der Waals surface area contributed by atoms with Gasteiger partial charge >= 0.3 is 0 Å². The lowest BCUT2D eigenvalue weighted by molar-refractivity contribution is -0.128. The minimum Gasteiger partial charge on any atom is -0.507 e. The number of anilines is 2. The summed E-state index contributed by atoms with van der Waals surface area (Å²) < 4.78 is 32.4. The number of rotatable bonds is 4. The summed E-state index contributed by atoms with van der Waals surface area (Å²) in [5, 5.41) is 13.4. The molecule has 5 heterocycles. The number of phenols is 1. The van der Waals surface area contributed by atoms with Crippen molar-refractivity contribution in [3.8, 4) is 22.7 Å². The lowest BCUT2D eigenvalue weighted by Gasteiger charge is -2.48. The molecule has 2 amide bonds. The minimum absolute atomic E-state index is 0.0152. The second-order valence-corrected chi connectivity index (χ2v) is 11.4. The van der Waals surface area contributed by atoms with Crippen LogP contribution in [0.4, 0.5) is 20.2 Å². The topological polar surface area (TPSA) is 121 Å². The number of phenolic OH excluding ortho intramolecular Hbond substituents is 1. The summed E-state index contributed by atoms with van der Waals surface area (Å²) in [6.07, 6.45) is 2.79. The van der Waals surface area contributed by atoms with E-state index in [0.29, 0.717) is 16.9 Å². The number of nitrogens with one attached hydrogen (secondary N) is 1. The normalized spacial score (nSPS) is 17.8. The first-order valence-electron chi connectivity index (χ1n) is 14.2. The fourth-order valence-electron chi connectivity index (χ4n) is 6.25. The molecular formula is C32H30F2N6O4. The Kier molecular flexibility index (Phi) is 6.94. The summed E-state index contributed by atoms with van der Waals surface area (Å²) in [4.78, 5) is 52.8. The number of nitrogens with zero attached hydrogens (tertiary/aromatic N) is 5. The molecule has 44 heavy (non-hydrogen) atoms. The SMILES string of the molecule is C=CC(=O)N1CC(C)N2c3c(c(=O)n(-c4c(C)ccnc4C(C)C)c4nc(-c5c(O)cccc5F)c(F)cc34)NC(=O)C2C1. The molecule has 10 nitrogen and oxygen atoms in total. The lowest BCUT2D eigenvalue weighted by atomic mass is 9.98. The molecule has 1 aromatic carbocycles. The smallest absolute Gasteiger partial charge is 0.282 e. The van der Waals surface area contributed by atoms with Crippen LogP contribution in [0.15, 0.2) is 54.0 Å². The number of aromatic hydroxyl groups is 1. The number of halogens is 2. The van der Waals surface area contributed by atoms with Crippen molar-refractivity contribution in [1.82, 2.24) is 19.4 Å². The van der Waals surface area contributed by atoms with Crippen LogP contribution in [-0.4, -0.2) is 61.5 Å². The van der Waals surface area contributed by atoms with Gasteiger partial charge in [-0.1, -0.05) is 26.5 Å². The maximum absolute atomic E-state index is 16.1. The van der Waals surface area contributed by atoms with Crippen molar-refractivity contribution in [3.63, 3.8) is 0 Å². The number of aromatic nitrogens is 3. The maximum Gasteiger partial charge on any atom is 0.282 e. The molecule has 12 heteroatoms. The zero-order valence-electron chi connectivity index (χ0n) is 24.6. The lowest BCUT2D eigenvalue weighted by Crippen LogP contribution is -2.65. The largest absolute Gasteiger partial charge is 0.507 e. The van der Waals surface area contributed by atoms with Gasteiger partial charge in [0.1, 0.15) is 29.0 Å². The average molecular weight is 601 g/mol. The van der Waals surface area contributed by atoms with Crippen molar-refractivity contribution in [1.29, 1.82) is 0 Å². The van der Waals surface area contributed by atoms with E-state index in [1.165, 1.54) is 27.7 Å². The van der Waals surface area contributed by atoms with Crippen LogP contribution in [0.25, 0.3) is 28.0 Å². The van der Waals surface area contributed by atoms with Crippen molar-refractivity contribution in [2.24, 2.45) is 0 Å². The van der Waals surface area contributed by atoms with Gasteiger partial charge in [0.15, 0.2) is 11.5 Å². The molecule has 226 valence electrons. The third-order valence-electron chi connectivity index (χ3n) is 8.21. The van der Waals surface area contributed by atoms with E-state index in [9.17, 15) is 19.5 Å². The average Bonchev–Trinajstić information content (AvgIpc) is 2.98. The third kappa shape index (κ3) is 4.31. The number of aryl methyl sites for hydroxylation is 1. The minimum atomic E-state index is -0.945. The van der Waals surface area contributed by atoms with Gasteiger partial charge in [0.05, 0.1) is 29.2 Å². The number of piperazine rings is 1. The second kappa shape index (κ2) is 10.5. The van der Waals surface area contributed by atoms with Crippen LogP contribution in [0.3, 0.4) is 0 Å². The summed E-state index contributed by atoms with van der Waals surface area (Å²) in [7, 11) is 0. The molecule has 0 bridgehead atoms. The molecule has 2 atom stereocenters. The van der Waals surface area contributed by atoms with Gasteiger partial charge in [-0.3, -0.25) is 23.9 Å². The molecule has 6 rings (SSSR count). The first-order chi connectivity index (χ1) is 20.9. The van der Waals surface area contributed by atoms with Crippen LogP contribution in [0.1, 0.15) is 37.9 Å². The summed E-state index contributed by atoms with van der Waals surface area (Å²) >= 11 is 0. The molecule has 4 aromatic rings. The van der Waals surface area contributed by atoms with Crippen molar-refractivity contribution in [2.75, 3.05) is 23.3 Å². The van der Waals surface area contributed by atoms with E-state index < -0.39 is 52.2 Å². The highest BCUT2D eigenvalue weighted by Crippen LogP contribution is 2.43. The number of benzene rings is 1. The zero-order chi connectivity index (χ0) is 31.6. The molecule has 2 aliphatic heterocycles. The molecule has 2 aliphatic rings. The number of amides is 2. The van der Waals surface area contributed by atoms with Gasteiger partial charge < -0.3 is 20.2 Å². The molecule has 0 saturated carbocycles. The van der Waals surface area contributed by atoms with Crippen molar-refractivity contribution >= 4 is 34.2 Å². The summed E-state index contributed by atoms with van der Waals surface area (Å²) in [5.41, 5.74) is 0.190. The number of carbonyl (C=O) groups is 2. The maximum atomic E-state index is 16.1. The number of hydrogen-bond donors (Lipinski definition) is 2. The second-order valence-electron chi connectivity index (χ2n) is 11.4. The van der Waals surface area contributed by atoms with Gasteiger partial charge in [0.25, 0.3) is 5.56 Å². The standard InChI is InChI=1S/C32H30F2N6O4/c1-6-23(42)38-13-17(5)39-21(14-38)31(43)37-27-29(39)18-12-20(34)26(24-19(33)8-7-9-22(24)41)36-30(18)40(32(27)44)28-16(4)10-11-35-25(28)15(2)3/h6-12,15,17,21,41H,1,13-14H2,2-5H3,(H,37,43). The molecule has 3 aromatic heterocycles. The van der Waals surface area contributed by atoms with Gasteiger partial charge in [0.2, 0.25) is 11.8 Å². The van der Waals surface area contributed by atoms with Crippen molar-refractivity contribution in [3.05, 3.63) is 82.4 Å². The monoisotopic (exact) mass is 600 g/mol. The highest BCUT2D eigenvalue weighted by atomic mass is 19.1. The van der Waals surface area contributed by atoms with E-state index in [1.807, 2.05) is 13.8 Å². The first kappa shape index (κ1) is 29.0. The van der Waals surface area contributed by atoms with Gasteiger partial charge in [-0.25, -0.2) is 13.8 Å². The van der Waals surface area contributed by atoms with Crippen LogP contribution in [0.2, 0.25) is 0 Å². The number of carbonyl (C=O) groups excluding carboxylic acids is 2. The van der Waals surface area contributed by atoms with Crippen molar-refractivity contribution < 1.29 is 23.5 Å². The Labute approximate surface area is 251 Å². The van der Waals surface area contributed by atoms with E-state index in [4.69, 9.17) is 0 Å². The Morgan fingerprint density at radius 1 is 1.16 bits per heavy atom. The molecule has 1 fully saturated rings. The quantitative estimate of drug-likeness (QED) is 0.333. The summed E-state index contributed by atoms with van der Waals surface area (Å²) in [6.45, 7) is 11.2. The van der Waals surface area contributed by atoms with E-state index in [-0.39, 0.29) is 47.3 Å². The van der Waals surface area contributed by atoms with Gasteiger partial charge in [0, 0.05) is 24.2 Å². The molecule has 0 spiro atoms. The highest BCUT2D eigenvalue weighted by molar-refractivity contribution is 6.11. The highest BCUT2D eigenvalue weighted by Gasteiger charge is 2.44. The van der Waals surface area contributed by atoms with Crippen LogP contribution in [0.5, 0.6) is 5.75 Å². The molecular weight excluding hydrogens is 570 g/mol. The molecule has 2 N–H and O–H groups in total. The van der Waals surface area contributed by atoms with E-state index >= 15 is 8.78 Å². The van der Waals surface area contributed by atoms with Crippen LogP contribution >= 0.6 is 0 Å². The van der Waals surface area contributed by atoms with Gasteiger partial charge in [-0.15, -0.1) is 0 Å². The fourth-order valence-corrected chi connectivity index (χ4v) is 6.25. The Hall–Kier alpha value is -5.13. The van der Waals surface area contributed by atoms with E-state index in [2.05, 4.69) is 21.9 Å². The Bertz CT molecular complexity index is 1940. The zero-order valence-corrected chi connectivity index (χ0v) is 24.6. The molecule has 2 unspecified atom stereocenters. The number of hydrogen-bond acceptors (Lipinski definition) is 7. The molecule has 1 saturated heterocycles. The molecule has 0 aliphatic carbocycles. The van der Waals surface area contributed by atoms with Crippen LogP contribution < -0.4 is 15.8 Å². The predicted molar refractivity (Wildman–Crippen MR) is 162 cm³/mol. The van der Waals surface area contributed by atoms with Gasteiger partial charge in [-0.05, 0) is 55.7 Å². The molecule has 0 radical (unpaired) electrons. The Morgan fingerprint density at radius 2 is 1.91 bits per heavy atom. The Balaban J connectivity index is 1.74. The van der Waals surface area contributed by atoms with E-state index in [1.54, 1.807) is 31.0 Å².